The van der Waals surface area contributed by atoms with Crippen molar-refractivity contribution in [3.05, 3.63) is 47.3 Å². The van der Waals surface area contributed by atoms with E-state index in [9.17, 15) is 4.79 Å². The van der Waals surface area contributed by atoms with Crippen molar-refractivity contribution < 1.29 is 4.79 Å². The third-order valence-electron chi connectivity index (χ3n) is 3.72. The summed E-state index contributed by atoms with van der Waals surface area (Å²) < 4.78 is 0. The van der Waals surface area contributed by atoms with Gasteiger partial charge >= 0.3 is 0 Å². The number of carbonyl (C=O) groups is 1. The molecule has 0 unspecified atom stereocenters. The van der Waals surface area contributed by atoms with E-state index in [1.54, 1.807) is 6.21 Å². The van der Waals surface area contributed by atoms with Crippen LogP contribution in [0.25, 0.3) is 0 Å². The van der Waals surface area contributed by atoms with Gasteiger partial charge in [0.05, 0.1) is 12.0 Å². The quantitative estimate of drug-likeness (QED) is 0.334. The molecule has 138 valence electrons. The molecule has 6 nitrogen and oxygen atoms in total. The Hall–Kier alpha value is -2.41. The number of rotatable bonds is 8. The fourth-order valence-electron chi connectivity index (χ4n) is 2.46. The molecule has 2 aromatic rings. The number of nitrogens with zero attached hydrogens (tertiary/aromatic N) is 4. The van der Waals surface area contributed by atoms with Gasteiger partial charge in [0.2, 0.25) is 0 Å². The average molecular weight is 372 g/mol. The van der Waals surface area contributed by atoms with E-state index < -0.39 is 0 Å². The highest BCUT2D eigenvalue weighted by Gasteiger charge is 2.05. The van der Waals surface area contributed by atoms with Crippen LogP contribution in [0.4, 0.5) is 5.69 Å². The first kappa shape index (κ1) is 19.9. The first-order valence-electron chi connectivity index (χ1n) is 8.63. The maximum absolute atomic E-state index is 11.9. The molecule has 1 N–H and O–H groups in total. The fraction of sp³-hybridized carbons (Fsp3) is 0.368. The zero-order valence-corrected chi connectivity index (χ0v) is 16.5. The van der Waals surface area contributed by atoms with Crippen LogP contribution in [0.15, 0.2) is 40.6 Å². The number of aryl methyl sites for hydroxylation is 2. The monoisotopic (exact) mass is 371 g/mol. The molecule has 2 rings (SSSR count). The molecule has 1 heterocycles. The fourth-order valence-corrected chi connectivity index (χ4v) is 3.20. The number of amides is 1. The number of anilines is 1. The Balaban J connectivity index is 1.82. The normalized spacial score (nSPS) is 10.9. The molecule has 0 bridgehead atoms. The van der Waals surface area contributed by atoms with Crippen LogP contribution in [0.3, 0.4) is 0 Å². The van der Waals surface area contributed by atoms with Gasteiger partial charge in [-0.15, -0.1) is 0 Å². The summed E-state index contributed by atoms with van der Waals surface area (Å²) in [6, 6.07) is 10.00. The molecular formula is C19H25N5OS. The zero-order valence-electron chi connectivity index (χ0n) is 15.7. The second-order valence-corrected chi connectivity index (χ2v) is 6.72. The maximum Gasteiger partial charge on any atom is 0.250 e. The van der Waals surface area contributed by atoms with Gasteiger partial charge in [0.15, 0.2) is 5.16 Å². The third kappa shape index (κ3) is 6.15. The van der Waals surface area contributed by atoms with Crippen LogP contribution in [0.2, 0.25) is 0 Å². The standard InChI is InChI=1S/C19H25N5OS/c1-5-24(6-2)17-9-7-16(8-10-17)12-20-23-18(25)13-26-19-21-14(3)11-15(4)22-19/h7-12H,5-6,13H2,1-4H3,(H,23,25)/b20-12-. The molecule has 1 aromatic heterocycles. The van der Waals surface area contributed by atoms with Crippen LogP contribution >= 0.6 is 11.8 Å². The lowest BCUT2D eigenvalue weighted by molar-refractivity contribution is -0.118. The second kappa shape index (κ2) is 9.91. The number of hydrogen-bond donors (Lipinski definition) is 1. The van der Waals surface area contributed by atoms with Crippen LogP contribution in [0.5, 0.6) is 0 Å². The zero-order chi connectivity index (χ0) is 18.9. The minimum Gasteiger partial charge on any atom is -0.372 e. The number of hydrazone groups is 1. The molecule has 0 saturated carbocycles. The van der Waals surface area contributed by atoms with E-state index in [1.165, 1.54) is 17.4 Å². The van der Waals surface area contributed by atoms with Crippen molar-refractivity contribution in [2.45, 2.75) is 32.9 Å². The molecule has 26 heavy (non-hydrogen) atoms. The molecule has 1 amide bonds. The molecule has 0 fully saturated rings. The van der Waals surface area contributed by atoms with Gasteiger partial charge in [0.1, 0.15) is 0 Å². The van der Waals surface area contributed by atoms with Gasteiger partial charge in [-0.25, -0.2) is 15.4 Å². The third-order valence-corrected chi connectivity index (χ3v) is 4.57. The van der Waals surface area contributed by atoms with Crippen LogP contribution in [0, 0.1) is 13.8 Å². The number of hydrogen-bond acceptors (Lipinski definition) is 6. The molecule has 0 atom stereocenters. The van der Waals surface area contributed by atoms with E-state index in [4.69, 9.17) is 0 Å². The SMILES string of the molecule is CCN(CC)c1ccc(/C=N\NC(=O)CSc2nc(C)cc(C)n2)cc1. The molecular weight excluding hydrogens is 346 g/mol. The molecule has 0 aliphatic rings. The molecule has 7 heteroatoms. The van der Waals surface area contributed by atoms with Gasteiger partial charge in [-0.2, -0.15) is 5.10 Å². The average Bonchev–Trinajstić information content (AvgIpc) is 2.61. The molecule has 1 aromatic carbocycles. The highest BCUT2D eigenvalue weighted by atomic mass is 32.2. The summed E-state index contributed by atoms with van der Waals surface area (Å²) in [4.78, 5) is 22.8. The summed E-state index contributed by atoms with van der Waals surface area (Å²) in [7, 11) is 0. The van der Waals surface area contributed by atoms with Crippen LogP contribution < -0.4 is 10.3 Å². The van der Waals surface area contributed by atoms with Crippen molar-refractivity contribution in [1.29, 1.82) is 0 Å². The topological polar surface area (TPSA) is 70.5 Å². The van der Waals surface area contributed by atoms with E-state index in [0.29, 0.717) is 5.16 Å². The summed E-state index contributed by atoms with van der Waals surface area (Å²) in [5.41, 5.74) is 6.44. The van der Waals surface area contributed by atoms with E-state index >= 15 is 0 Å². The second-order valence-electron chi connectivity index (χ2n) is 5.78. The van der Waals surface area contributed by atoms with Crippen molar-refractivity contribution in [3.8, 4) is 0 Å². The Kier molecular flexibility index (Phi) is 7.59. The Labute approximate surface area is 159 Å². The van der Waals surface area contributed by atoms with Gasteiger partial charge in [-0.1, -0.05) is 23.9 Å². The van der Waals surface area contributed by atoms with Crippen molar-refractivity contribution >= 4 is 29.6 Å². The number of nitrogens with one attached hydrogen (secondary N) is 1. The predicted molar refractivity (Wildman–Crippen MR) is 108 cm³/mol. The summed E-state index contributed by atoms with van der Waals surface area (Å²) in [5.74, 6) is 0.0370. The summed E-state index contributed by atoms with van der Waals surface area (Å²) in [6.07, 6.45) is 1.64. The molecule has 0 aliphatic heterocycles. The lowest BCUT2D eigenvalue weighted by Crippen LogP contribution is -2.21. The minimum absolute atomic E-state index is 0.186. The molecule has 0 saturated heterocycles. The first-order valence-corrected chi connectivity index (χ1v) is 9.62. The highest BCUT2D eigenvalue weighted by Crippen LogP contribution is 2.14. The van der Waals surface area contributed by atoms with Gasteiger partial charge in [-0.3, -0.25) is 4.79 Å². The van der Waals surface area contributed by atoms with Crippen molar-refractivity contribution in [2.24, 2.45) is 5.10 Å². The van der Waals surface area contributed by atoms with Crippen LogP contribution in [-0.2, 0) is 4.79 Å². The van der Waals surface area contributed by atoms with Crippen molar-refractivity contribution in [2.75, 3.05) is 23.7 Å². The summed E-state index contributed by atoms with van der Waals surface area (Å²) in [6.45, 7) is 10.0. The van der Waals surface area contributed by atoms with Gasteiger partial charge < -0.3 is 4.90 Å². The highest BCUT2D eigenvalue weighted by molar-refractivity contribution is 7.99. The first-order chi connectivity index (χ1) is 12.5. The van der Waals surface area contributed by atoms with Gasteiger partial charge in [0.25, 0.3) is 5.91 Å². The van der Waals surface area contributed by atoms with Crippen LogP contribution in [0.1, 0.15) is 30.8 Å². The van der Waals surface area contributed by atoms with Gasteiger partial charge in [-0.05, 0) is 51.5 Å². The molecule has 0 spiro atoms. The number of benzene rings is 1. The summed E-state index contributed by atoms with van der Waals surface area (Å²) >= 11 is 1.30. The lowest BCUT2D eigenvalue weighted by atomic mass is 10.2. The van der Waals surface area contributed by atoms with Crippen molar-refractivity contribution in [3.63, 3.8) is 0 Å². The minimum atomic E-state index is -0.186. The predicted octanol–water partition coefficient (Wildman–Crippen LogP) is 3.18. The van der Waals surface area contributed by atoms with E-state index in [-0.39, 0.29) is 11.7 Å². The van der Waals surface area contributed by atoms with E-state index in [1.807, 2.05) is 32.0 Å². The lowest BCUT2D eigenvalue weighted by Gasteiger charge is -2.20. The number of carbonyl (C=O) groups excluding carboxylic acids is 1. The molecule has 0 aliphatic carbocycles. The summed E-state index contributed by atoms with van der Waals surface area (Å²) in [5, 5.41) is 4.62. The largest absolute Gasteiger partial charge is 0.372 e. The van der Waals surface area contributed by atoms with E-state index in [2.05, 4.69) is 51.4 Å². The van der Waals surface area contributed by atoms with Gasteiger partial charge in [0, 0.05) is 30.2 Å². The maximum atomic E-state index is 11.9. The smallest absolute Gasteiger partial charge is 0.250 e. The number of thioether (sulfide) groups is 1. The Morgan fingerprint density at radius 2 is 1.77 bits per heavy atom. The molecule has 0 radical (unpaired) electrons. The van der Waals surface area contributed by atoms with Crippen molar-refractivity contribution in [1.82, 2.24) is 15.4 Å². The Morgan fingerprint density at radius 1 is 1.15 bits per heavy atom. The number of aromatic nitrogens is 2. The van der Waals surface area contributed by atoms with Crippen LogP contribution in [-0.4, -0.2) is 40.9 Å². The Morgan fingerprint density at radius 3 is 2.35 bits per heavy atom. The Bertz CT molecular complexity index is 737. The van der Waals surface area contributed by atoms with E-state index in [0.717, 1.165) is 30.0 Å².